The number of hydrogen-bond donors (Lipinski definition) is 1. The fourth-order valence-corrected chi connectivity index (χ4v) is 0.658. The Kier molecular flexibility index (Phi) is 5.33. The Morgan fingerprint density at radius 2 is 1.83 bits per heavy atom. The van der Waals surface area contributed by atoms with E-state index in [9.17, 15) is 4.79 Å². The molecule has 0 saturated carbocycles. The number of benzene rings is 1. The summed E-state index contributed by atoms with van der Waals surface area (Å²) in [5, 5.41) is 0. The van der Waals surface area contributed by atoms with Crippen LogP contribution < -0.4 is 5.73 Å². The molecule has 2 N–H and O–H groups in total. The summed E-state index contributed by atoms with van der Waals surface area (Å²) < 4.78 is 0. The molecule has 0 amide bonds. The van der Waals surface area contributed by atoms with Gasteiger partial charge in [0.1, 0.15) is 6.29 Å². The van der Waals surface area contributed by atoms with E-state index in [0.29, 0.717) is 5.56 Å². The van der Waals surface area contributed by atoms with Gasteiger partial charge in [-0.1, -0.05) is 18.1 Å². The van der Waals surface area contributed by atoms with Gasteiger partial charge in [-0.2, -0.15) is 0 Å². The topological polar surface area (TPSA) is 43.1 Å². The molecule has 0 aliphatic rings. The van der Waals surface area contributed by atoms with E-state index in [4.69, 9.17) is 6.42 Å². The number of carbonyl (C=O) groups excluding carboxylic acids is 1. The standard InChI is InChI=1S/C9H6O.CH5N/c1-2-8-3-5-9(7-10)6-4-8;1-2/h1,3-7H;2H2,1H3. The van der Waals surface area contributed by atoms with Crippen LogP contribution in [0.25, 0.3) is 0 Å². The molecule has 2 nitrogen and oxygen atoms in total. The van der Waals surface area contributed by atoms with Crippen molar-refractivity contribution in [3.05, 3.63) is 35.4 Å². The van der Waals surface area contributed by atoms with Gasteiger partial charge in [0.25, 0.3) is 0 Å². The summed E-state index contributed by atoms with van der Waals surface area (Å²) in [5.41, 5.74) is 5.95. The third-order valence-corrected chi connectivity index (χ3v) is 1.21. The monoisotopic (exact) mass is 161 g/mol. The Balaban J connectivity index is 0.000000561. The summed E-state index contributed by atoms with van der Waals surface area (Å²) in [5.74, 6) is 2.46. The van der Waals surface area contributed by atoms with Crippen LogP contribution in [0.1, 0.15) is 15.9 Å². The van der Waals surface area contributed by atoms with Crippen LogP contribution in [0, 0.1) is 12.3 Å². The molecular formula is C10H11NO. The van der Waals surface area contributed by atoms with Crippen LogP contribution in [0.3, 0.4) is 0 Å². The van der Waals surface area contributed by atoms with Crippen molar-refractivity contribution in [2.24, 2.45) is 5.73 Å². The van der Waals surface area contributed by atoms with Crippen molar-refractivity contribution in [3.8, 4) is 12.3 Å². The molecule has 1 rings (SSSR count). The lowest BCUT2D eigenvalue weighted by Gasteiger charge is -1.88. The minimum absolute atomic E-state index is 0.652. The van der Waals surface area contributed by atoms with Crippen molar-refractivity contribution in [1.29, 1.82) is 0 Å². The fraction of sp³-hybridized carbons (Fsp3) is 0.100. The first-order valence-corrected chi connectivity index (χ1v) is 3.46. The molecule has 1 aromatic carbocycles. The van der Waals surface area contributed by atoms with E-state index < -0.39 is 0 Å². The fourth-order valence-electron chi connectivity index (χ4n) is 0.658. The predicted molar refractivity (Wildman–Crippen MR) is 49.9 cm³/mol. The lowest BCUT2D eigenvalue weighted by atomic mass is 10.2. The van der Waals surface area contributed by atoms with Crippen molar-refractivity contribution in [2.75, 3.05) is 7.05 Å². The van der Waals surface area contributed by atoms with Crippen LogP contribution in [0.2, 0.25) is 0 Å². The molecule has 0 aliphatic heterocycles. The molecule has 0 fully saturated rings. The lowest BCUT2D eigenvalue weighted by Crippen LogP contribution is -1.78. The van der Waals surface area contributed by atoms with Gasteiger partial charge >= 0.3 is 0 Å². The molecule has 62 valence electrons. The molecule has 12 heavy (non-hydrogen) atoms. The van der Waals surface area contributed by atoms with Gasteiger partial charge < -0.3 is 5.73 Å². The van der Waals surface area contributed by atoms with E-state index in [2.05, 4.69) is 11.7 Å². The minimum Gasteiger partial charge on any atom is -0.333 e. The number of terminal acetylenes is 1. The summed E-state index contributed by atoms with van der Waals surface area (Å²) in [6, 6.07) is 6.87. The van der Waals surface area contributed by atoms with Crippen LogP contribution in [0.15, 0.2) is 24.3 Å². The van der Waals surface area contributed by atoms with E-state index in [1.54, 1.807) is 24.3 Å². The third kappa shape index (κ3) is 3.00. The molecule has 2 heteroatoms. The van der Waals surface area contributed by atoms with Crippen LogP contribution in [0.4, 0.5) is 0 Å². The molecule has 0 unspecified atom stereocenters. The Morgan fingerprint density at radius 1 is 1.33 bits per heavy atom. The maximum absolute atomic E-state index is 10.2. The molecule has 0 atom stereocenters. The molecule has 0 heterocycles. The summed E-state index contributed by atoms with van der Waals surface area (Å²) in [7, 11) is 1.50. The molecule has 0 aliphatic carbocycles. The highest BCUT2D eigenvalue weighted by molar-refractivity contribution is 5.74. The van der Waals surface area contributed by atoms with Crippen molar-refractivity contribution >= 4 is 6.29 Å². The Morgan fingerprint density at radius 3 is 2.17 bits per heavy atom. The highest BCUT2D eigenvalue weighted by Gasteiger charge is 1.87. The normalized spacial score (nSPS) is 7.42. The van der Waals surface area contributed by atoms with Gasteiger partial charge in [-0.05, 0) is 19.2 Å². The second-order valence-corrected chi connectivity index (χ2v) is 1.88. The summed E-state index contributed by atoms with van der Waals surface area (Å²) in [6.07, 6.45) is 5.89. The molecule has 0 spiro atoms. The molecular weight excluding hydrogens is 150 g/mol. The van der Waals surface area contributed by atoms with E-state index in [1.807, 2.05) is 0 Å². The first kappa shape index (κ1) is 10.4. The zero-order valence-electron chi connectivity index (χ0n) is 6.95. The molecule has 0 radical (unpaired) electrons. The molecule has 0 aromatic heterocycles. The second-order valence-electron chi connectivity index (χ2n) is 1.88. The zero-order chi connectivity index (χ0) is 9.40. The highest BCUT2D eigenvalue weighted by atomic mass is 16.1. The van der Waals surface area contributed by atoms with Crippen LogP contribution in [0.5, 0.6) is 0 Å². The van der Waals surface area contributed by atoms with Crippen molar-refractivity contribution in [2.45, 2.75) is 0 Å². The Labute approximate surface area is 72.4 Å². The van der Waals surface area contributed by atoms with Gasteiger partial charge in [-0.25, -0.2) is 0 Å². The highest BCUT2D eigenvalue weighted by Crippen LogP contribution is 1.99. The molecule has 0 bridgehead atoms. The quantitative estimate of drug-likeness (QED) is 0.494. The Bertz CT molecular complexity index is 269. The molecule has 0 saturated heterocycles. The van der Waals surface area contributed by atoms with E-state index >= 15 is 0 Å². The SMILES string of the molecule is C#Cc1ccc(C=O)cc1.CN. The Hall–Kier alpha value is -1.59. The zero-order valence-corrected chi connectivity index (χ0v) is 6.95. The number of nitrogens with two attached hydrogens (primary N) is 1. The number of rotatable bonds is 1. The van der Waals surface area contributed by atoms with Gasteiger partial charge in [0.05, 0.1) is 0 Å². The van der Waals surface area contributed by atoms with Crippen LogP contribution in [-0.4, -0.2) is 13.3 Å². The maximum Gasteiger partial charge on any atom is 0.150 e. The first-order valence-electron chi connectivity index (χ1n) is 3.46. The third-order valence-electron chi connectivity index (χ3n) is 1.21. The maximum atomic E-state index is 10.2. The van der Waals surface area contributed by atoms with E-state index in [0.717, 1.165) is 11.8 Å². The van der Waals surface area contributed by atoms with Gasteiger partial charge in [-0.3, -0.25) is 4.79 Å². The van der Waals surface area contributed by atoms with Gasteiger partial charge in [0, 0.05) is 11.1 Å². The smallest absolute Gasteiger partial charge is 0.150 e. The predicted octanol–water partition coefficient (Wildman–Crippen LogP) is 1.06. The summed E-state index contributed by atoms with van der Waals surface area (Å²) >= 11 is 0. The summed E-state index contributed by atoms with van der Waals surface area (Å²) in [4.78, 5) is 10.2. The minimum atomic E-state index is 0.652. The van der Waals surface area contributed by atoms with Gasteiger partial charge in [-0.15, -0.1) is 6.42 Å². The largest absolute Gasteiger partial charge is 0.333 e. The van der Waals surface area contributed by atoms with E-state index in [-0.39, 0.29) is 0 Å². The first-order chi connectivity index (χ1) is 5.86. The van der Waals surface area contributed by atoms with Gasteiger partial charge in [0.2, 0.25) is 0 Å². The number of carbonyl (C=O) groups is 1. The average Bonchev–Trinajstić information content (AvgIpc) is 2.21. The van der Waals surface area contributed by atoms with Crippen molar-refractivity contribution in [1.82, 2.24) is 0 Å². The van der Waals surface area contributed by atoms with Crippen molar-refractivity contribution < 1.29 is 4.79 Å². The van der Waals surface area contributed by atoms with Crippen LogP contribution >= 0.6 is 0 Å². The second kappa shape index (κ2) is 6.14. The van der Waals surface area contributed by atoms with Gasteiger partial charge in [0.15, 0.2) is 0 Å². The van der Waals surface area contributed by atoms with E-state index in [1.165, 1.54) is 7.05 Å². The molecule has 1 aromatic rings. The average molecular weight is 161 g/mol. The number of aldehydes is 1. The van der Waals surface area contributed by atoms with Crippen molar-refractivity contribution in [3.63, 3.8) is 0 Å². The van der Waals surface area contributed by atoms with Crippen LogP contribution in [-0.2, 0) is 0 Å². The number of hydrogen-bond acceptors (Lipinski definition) is 2. The summed E-state index contributed by atoms with van der Waals surface area (Å²) in [6.45, 7) is 0. The lowest BCUT2D eigenvalue weighted by molar-refractivity contribution is 0.112.